The van der Waals surface area contributed by atoms with Crippen molar-refractivity contribution in [2.24, 2.45) is 0 Å². The van der Waals surface area contributed by atoms with Crippen molar-refractivity contribution in [2.75, 3.05) is 13.2 Å². The first-order valence-electron chi connectivity index (χ1n) is 6.66. The Labute approximate surface area is 120 Å². The number of fused-ring (bicyclic) bond motifs is 1. The van der Waals surface area contributed by atoms with Gasteiger partial charge in [-0.1, -0.05) is 6.07 Å². The van der Waals surface area contributed by atoms with Gasteiger partial charge >= 0.3 is 0 Å². The van der Waals surface area contributed by atoms with Gasteiger partial charge in [-0.3, -0.25) is 9.59 Å². The van der Waals surface area contributed by atoms with E-state index in [1.54, 1.807) is 16.2 Å². The molecule has 2 aliphatic heterocycles. The monoisotopic (exact) mass is 295 g/mol. The van der Waals surface area contributed by atoms with Crippen LogP contribution in [0.2, 0.25) is 0 Å². The van der Waals surface area contributed by atoms with Crippen LogP contribution in [0.5, 0.6) is 0 Å². The lowest BCUT2D eigenvalue weighted by molar-refractivity contribution is -0.148. The second kappa shape index (κ2) is 5.51. The van der Waals surface area contributed by atoms with Crippen LogP contribution in [0.4, 0.5) is 0 Å². The van der Waals surface area contributed by atoms with Crippen molar-refractivity contribution in [2.45, 2.75) is 31.1 Å². The molecule has 0 radical (unpaired) electrons. The van der Waals surface area contributed by atoms with Gasteiger partial charge in [-0.2, -0.15) is 0 Å². The number of aliphatic hydroxyl groups excluding tert-OH is 1. The minimum absolute atomic E-state index is 0.120. The first-order valence-corrected chi connectivity index (χ1v) is 7.54. The Morgan fingerprint density at radius 2 is 2.35 bits per heavy atom. The van der Waals surface area contributed by atoms with Crippen LogP contribution in [-0.4, -0.2) is 53.1 Å². The van der Waals surface area contributed by atoms with Crippen molar-refractivity contribution in [3.05, 3.63) is 22.4 Å². The molecule has 0 aliphatic carbocycles. The first kappa shape index (κ1) is 13.5. The number of rotatable bonds is 4. The SMILES string of the molecule is O=C1N[C@@H](CO)C(=O)N2C[C@@H](NCc3cccs3)C[C@@H]12. The Kier molecular flexibility index (Phi) is 3.73. The van der Waals surface area contributed by atoms with Gasteiger partial charge in [0.2, 0.25) is 11.8 Å². The molecule has 0 saturated carbocycles. The molecule has 1 aromatic rings. The maximum Gasteiger partial charge on any atom is 0.248 e. The van der Waals surface area contributed by atoms with E-state index in [9.17, 15) is 9.59 Å². The lowest BCUT2D eigenvalue weighted by Gasteiger charge is -2.33. The van der Waals surface area contributed by atoms with Crippen LogP contribution in [0.1, 0.15) is 11.3 Å². The first-order chi connectivity index (χ1) is 9.69. The number of amides is 2. The highest BCUT2D eigenvalue weighted by molar-refractivity contribution is 7.09. The van der Waals surface area contributed by atoms with E-state index < -0.39 is 12.1 Å². The van der Waals surface area contributed by atoms with E-state index in [-0.39, 0.29) is 24.5 Å². The van der Waals surface area contributed by atoms with Gasteiger partial charge < -0.3 is 20.6 Å². The maximum absolute atomic E-state index is 12.1. The van der Waals surface area contributed by atoms with E-state index in [0.29, 0.717) is 13.0 Å². The Balaban J connectivity index is 1.62. The molecule has 0 aromatic carbocycles. The topological polar surface area (TPSA) is 81.7 Å². The molecule has 20 heavy (non-hydrogen) atoms. The summed E-state index contributed by atoms with van der Waals surface area (Å²) in [5, 5.41) is 17.1. The Hall–Kier alpha value is -1.44. The zero-order chi connectivity index (χ0) is 14.1. The van der Waals surface area contributed by atoms with E-state index in [1.165, 1.54) is 4.88 Å². The molecule has 6 nitrogen and oxygen atoms in total. The van der Waals surface area contributed by atoms with Crippen molar-refractivity contribution >= 4 is 23.2 Å². The molecule has 2 amide bonds. The molecule has 3 heterocycles. The predicted octanol–water partition coefficient (Wildman–Crippen LogP) is -0.702. The molecule has 2 saturated heterocycles. The largest absolute Gasteiger partial charge is 0.394 e. The third kappa shape index (κ3) is 2.44. The number of nitrogens with one attached hydrogen (secondary N) is 2. The smallest absolute Gasteiger partial charge is 0.248 e. The normalized spacial score (nSPS) is 29.4. The van der Waals surface area contributed by atoms with Gasteiger partial charge in [-0.25, -0.2) is 0 Å². The van der Waals surface area contributed by atoms with Crippen molar-refractivity contribution in [1.82, 2.24) is 15.5 Å². The van der Waals surface area contributed by atoms with Gasteiger partial charge in [0.15, 0.2) is 0 Å². The summed E-state index contributed by atoms with van der Waals surface area (Å²) < 4.78 is 0. The molecule has 0 unspecified atom stereocenters. The van der Waals surface area contributed by atoms with E-state index in [4.69, 9.17) is 5.11 Å². The molecular formula is C13H17N3O3S. The number of piperazine rings is 1. The quantitative estimate of drug-likeness (QED) is 0.686. The Morgan fingerprint density at radius 3 is 3.05 bits per heavy atom. The van der Waals surface area contributed by atoms with Gasteiger partial charge in [-0.05, 0) is 17.9 Å². The summed E-state index contributed by atoms with van der Waals surface area (Å²) in [6.07, 6.45) is 0.626. The molecule has 1 aromatic heterocycles. The van der Waals surface area contributed by atoms with Gasteiger partial charge in [0.1, 0.15) is 12.1 Å². The van der Waals surface area contributed by atoms with Crippen molar-refractivity contribution in [3.63, 3.8) is 0 Å². The molecule has 108 valence electrons. The van der Waals surface area contributed by atoms with E-state index in [2.05, 4.69) is 16.7 Å². The summed E-state index contributed by atoms with van der Waals surface area (Å²) in [7, 11) is 0. The van der Waals surface area contributed by atoms with E-state index in [1.807, 2.05) is 11.4 Å². The fourth-order valence-corrected chi connectivity index (χ4v) is 3.44. The van der Waals surface area contributed by atoms with Crippen LogP contribution >= 0.6 is 11.3 Å². The van der Waals surface area contributed by atoms with Crippen LogP contribution < -0.4 is 10.6 Å². The van der Waals surface area contributed by atoms with Gasteiger partial charge in [-0.15, -0.1) is 11.3 Å². The van der Waals surface area contributed by atoms with Crippen LogP contribution in [0.3, 0.4) is 0 Å². The summed E-state index contributed by atoms with van der Waals surface area (Å²) in [5.41, 5.74) is 0. The zero-order valence-corrected chi connectivity index (χ0v) is 11.7. The molecular weight excluding hydrogens is 278 g/mol. The maximum atomic E-state index is 12.1. The van der Waals surface area contributed by atoms with Crippen LogP contribution in [0, 0.1) is 0 Å². The molecule has 3 atom stereocenters. The average molecular weight is 295 g/mol. The fraction of sp³-hybridized carbons (Fsp3) is 0.538. The second-order valence-corrected chi connectivity index (χ2v) is 6.18. The van der Waals surface area contributed by atoms with Crippen LogP contribution in [0.25, 0.3) is 0 Å². The summed E-state index contributed by atoms with van der Waals surface area (Å²) in [5.74, 6) is -0.346. The van der Waals surface area contributed by atoms with Crippen molar-refractivity contribution in [3.8, 4) is 0 Å². The number of carbonyl (C=O) groups excluding carboxylic acids is 2. The second-order valence-electron chi connectivity index (χ2n) is 5.14. The number of thiophene rings is 1. The van der Waals surface area contributed by atoms with Gasteiger partial charge in [0, 0.05) is 24.0 Å². The number of hydrogen-bond acceptors (Lipinski definition) is 5. The minimum Gasteiger partial charge on any atom is -0.394 e. The van der Waals surface area contributed by atoms with E-state index in [0.717, 1.165) is 6.54 Å². The third-order valence-electron chi connectivity index (χ3n) is 3.83. The predicted molar refractivity (Wildman–Crippen MR) is 74.1 cm³/mol. The highest BCUT2D eigenvalue weighted by Crippen LogP contribution is 2.23. The molecule has 0 spiro atoms. The lowest BCUT2D eigenvalue weighted by Crippen LogP contribution is -2.62. The summed E-state index contributed by atoms with van der Waals surface area (Å²) in [4.78, 5) is 26.8. The third-order valence-corrected chi connectivity index (χ3v) is 4.71. The fourth-order valence-electron chi connectivity index (χ4n) is 2.79. The summed E-state index contributed by atoms with van der Waals surface area (Å²) in [6, 6.07) is 3.00. The number of aliphatic hydroxyl groups is 1. The van der Waals surface area contributed by atoms with Gasteiger partial charge in [0.05, 0.1) is 6.61 Å². The molecule has 2 aliphatic rings. The van der Waals surface area contributed by atoms with Crippen molar-refractivity contribution in [1.29, 1.82) is 0 Å². The molecule has 3 N–H and O–H groups in total. The standard InChI is InChI=1S/C13H17N3O3S/c17-7-10-13(19)16-6-8(4-11(16)12(18)15-10)14-5-9-2-1-3-20-9/h1-3,8,10-11,14,17H,4-7H2,(H,15,18)/t8-,10-,11-/m0/s1. The minimum atomic E-state index is -0.783. The zero-order valence-electron chi connectivity index (χ0n) is 10.9. The number of nitrogens with zero attached hydrogens (tertiary/aromatic N) is 1. The molecule has 7 heteroatoms. The van der Waals surface area contributed by atoms with E-state index >= 15 is 0 Å². The number of carbonyl (C=O) groups is 2. The molecule has 3 rings (SSSR count). The molecule has 2 fully saturated rings. The lowest BCUT2D eigenvalue weighted by atomic mass is 10.1. The Bertz CT molecular complexity index is 505. The highest BCUT2D eigenvalue weighted by Gasteiger charge is 2.45. The summed E-state index contributed by atoms with van der Waals surface area (Å²) in [6.45, 7) is 0.933. The van der Waals surface area contributed by atoms with Crippen molar-refractivity contribution < 1.29 is 14.7 Å². The summed E-state index contributed by atoms with van der Waals surface area (Å²) >= 11 is 1.68. The van der Waals surface area contributed by atoms with Gasteiger partial charge in [0.25, 0.3) is 0 Å². The average Bonchev–Trinajstić information content (AvgIpc) is 3.09. The Morgan fingerprint density at radius 1 is 1.50 bits per heavy atom. The highest BCUT2D eigenvalue weighted by atomic mass is 32.1. The molecule has 0 bridgehead atoms. The van der Waals surface area contributed by atoms with Crippen LogP contribution in [0.15, 0.2) is 17.5 Å². The number of hydrogen-bond donors (Lipinski definition) is 3. The van der Waals surface area contributed by atoms with Crippen LogP contribution in [-0.2, 0) is 16.1 Å².